The molecule has 0 aromatic heterocycles. The Balaban J connectivity index is 1.67. The number of hydrogen-bond donors (Lipinski definition) is 1. The van der Waals surface area contributed by atoms with Crippen LogP contribution in [0.3, 0.4) is 0 Å². The first-order valence-corrected chi connectivity index (χ1v) is 7.85. The van der Waals surface area contributed by atoms with Gasteiger partial charge in [0.15, 0.2) is 0 Å². The van der Waals surface area contributed by atoms with E-state index in [1.165, 1.54) is 36.2 Å². The van der Waals surface area contributed by atoms with Gasteiger partial charge in [-0.2, -0.15) is 0 Å². The van der Waals surface area contributed by atoms with Gasteiger partial charge in [0.05, 0.1) is 6.10 Å². The van der Waals surface area contributed by atoms with Crippen LogP contribution in [0.1, 0.15) is 30.9 Å². The Kier molecular flexibility index (Phi) is 4.27. The Morgan fingerprint density at radius 2 is 2.15 bits per heavy atom. The lowest BCUT2D eigenvalue weighted by molar-refractivity contribution is 0.0683. The molecule has 3 heteroatoms. The van der Waals surface area contributed by atoms with E-state index in [4.69, 9.17) is 4.74 Å². The molecule has 20 heavy (non-hydrogen) atoms. The Hall–Kier alpha value is -1.06. The second kappa shape index (κ2) is 6.15. The van der Waals surface area contributed by atoms with Crippen LogP contribution in [0.5, 0.6) is 0 Å². The number of aliphatic hydroxyl groups is 1. The van der Waals surface area contributed by atoms with Crippen LogP contribution < -0.4 is 4.90 Å². The van der Waals surface area contributed by atoms with Crippen molar-refractivity contribution >= 4 is 5.69 Å². The van der Waals surface area contributed by atoms with Crippen molar-refractivity contribution in [3.63, 3.8) is 0 Å². The summed E-state index contributed by atoms with van der Waals surface area (Å²) in [5.74, 6) is 0.784. The number of nitrogens with zero attached hydrogens (tertiary/aromatic N) is 1. The highest BCUT2D eigenvalue weighted by atomic mass is 16.5. The molecule has 2 aliphatic rings. The third kappa shape index (κ3) is 3.15. The molecule has 0 spiro atoms. The zero-order valence-electron chi connectivity index (χ0n) is 12.3. The first kappa shape index (κ1) is 13.9. The minimum absolute atomic E-state index is 0.257. The van der Waals surface area contributed by atoms with Gasteiger partial charge in [-0.1, -0.05) is 12.1 Å². The maximum atomic E-state index is 9.50. The van der Waals surface area contributed by atoms with Crippen LogP contribution in [0.15, 0.2) is 18.2 Å². The smallest absolute Gasteiger partial charge is 0.0552 e. The van der Waals surface area contributed by atoms with Gasteiger partial charge in [-0.25, -0.2) is 0 Å². The maximum Gasteiger partial charge on any atom is 0.0552 e. The van der Waals surface area contributed by atoms with Gasteiger partial charge in [-0.05, 0) is 55.7 Å². The van der Waals surface area contributed by atoms with E-state index in [0.717, 1.165) is 38.5 Å². The summed E-state index contributed by atoms with van der Waals surface area (Å²) in [6.45, 7) is 6.03. The number of fused-ring (bicyclic) bond motifs is 1. The lowest BCUT2D eigenvalue weighted by atomic mass is 9.99. The highest BCUT2D eigenvalue weighted by Crippen LogP contribution is 2.31. The molecule has 110 valence electrons. The van der Waals surface area contributed by atoms with Crippen molar-refractivity contribution in [2.45, 2.75) is 38.7 Å². The molecule has 3 rings (SSSR count). The zero-order chi connectivity index (χ0) is 13.9. The summed E-state index contributed by atoms with van der Waals surface area (Å²) >= 11 is 0. The minimum Gasteiger partial charge on any atom is -0.393 e. The van der Waals surface area contributed by atoms with Crippen molar-refractivity contribution in [3.05, 3.63) is 29.3 Å². The monoisotopic (exact) mass is 275 g/mol. The lowest BCUT2D eigenvalue weighted by Crippen LogP contribution is -2.31. The molecule has 0 bridgehead atoms. The first-order valence-electron chi connectivity index (χ1n) is 7.85. The third-order valence-electron chi connectivity index (χ3n) is 4.49. The quantitative estimate of drug-likeness (QED) is 0.916. The van der Waals surface area contributed by atoms with Gasteiger partial charge < -0.3 is 14.7 Å². The molecule has 1 aromatic carbocycles. The summed E-state index contributed by atoms with van der Waals surface area (Å²) in [5, 5.41) is 9.50. The van der Waals surface area contributed by atoms with E-state index >= 15 is 0 Å². The second-order valence-corrected chi connectivity index (χ2v) is 6.27. The van der Waals surface area contributed by atoms with Gasteiger partial charge in [-0.15, -0.1) is 0 Å². The van der Waals surface area contributed by atoms with Crippen LogP contribution in [-0.2, 0) is 17.6 Å². The summed E-state index contributed by atoms with van der Waals surface area (Å²) in [6.07, 6.45) is 4.05. The van der Waals surface area contributed by atoms with Gasteiger partial charge in [-0.3, -0.25) is 0 Å². The van der Waals surface area contributed by atoms with E-state index < -0.39 is 0 Å². The maximum absolute atomic E-state index is 9.50. The van der Waals surface area contributed by atoms with Crippen molar-refractivity contribution < 1.29 is 9.84 Å². The van der Waals surface area contributed by atoms with Crippen LogP contribution in [-0.4, -0.2) is 37.5 Å². The van der Waals surface area contributed by atoms with Crippen LogP contribution in [0.25, 0.3) is 0 Å². The third-order valence-corrected chi connectivity index (χ3v) is 4.49. The average Bonchev–Trinajstić information content (AvgIpc) is 2.82. The van der Waals surface area contributed by atoms with Crippen LogP contribution in [0.2, 0.25) is 0 Å². The number of hydrogen-bond acceptors (Lipinski definition) is 3. The topological polar surface area (TPSA) is 32.7 Å². The highest BCUT2D eigenvalue weighted by molar-refractivity contribution is 5.59. The predicted octanol–water partition coefficient (Wildman–Crippen LogP) is 2.40. The molecule has 1 fully saturated rings. The molecule has 2 heterocycles. The van der Waals surface area contributed by atoms with E-state index in [2.05, 4.69) is 23.1 Å². The molecule has 0 radical (unpaired) electrons. The Bertz CT molecular complexity index is 452. The van der Waals surface area contributed by atoms with Crippen molar-refractivity contribution in [1.29, 1.82) is 0 Å². The zero-order valence-corrected chi connectivity index (χ0v) is 12.3. The summed E-state index contributed by atoms with van der Waals surface area (Å²) in [5.41, 5.74) is 4.12. The molecular weight excluding hydrogens is 250 g/mol. The summed E-state index contributed by atoms with van der Waals surface area (Å²) in [4.78, 5) is 2.54. The molecule has 1 aromatic rings. The molecule has 0 aliphatic carbocycles. The molecule has 0 saturated carbocycles. The molecule has 1 atom stereocenters. The van der Waals surface area contributed by atoms with Crippen molar-refractivity contribution in [3.8, 4) is 0 Å². The molecular formula is C17H25NO2. The van der Waals surface area contributed by atoms with Crippen molar-refractivity contribution in [2.75, 3.05) is 31.2 Å². The Morgan fingerprint density at radius 3 is 2.90 bits per heavy atom. The highest BCUT2D eigenvalue weighted by Gasteiger charge is 2.23. The van der Waals surface area contributed by atoms with E-state index in [0.29, 0.717) is 0 Å². The van der Waals surface area contributed by atoms with Crippen molar-refractivity contribution in [2.24, 2.45) is 5.92 Å². The molecule has 1 N–H and O–H groups in total. The largest absolute Gasteiger partial charge is 0.393 e. The van der Waals surface area contributed by atoms with Gasteiger partial charge in [0.1, 0.15) is 0 Å². The Morgan fingerprint density at radius 1 is 1.35 bits per heavy atom. The van der Waals surface area contributed by atoms with Gasteiger partial charge in [0.2, 0.25) is 0 Å². The minimum atomic E-state index is -0.257. The van der Waals surface area contributed by atoms with E-state index in [1.807, 2.05) is 6.92 Å². The molecule has 1 unspecified atom stereocenters. The molecule has 3 nitrogen and oxygen atoms in total. The second-order valence-electron chi connectivity index (χ2n) is 6.27. The fourth-order valence-corrected chi connectivity index (χ4v) is 3.42. The number of anilines is 1. The van der Waals surface area contributed by atoms with Crippen LogP contribution >= 0.6 is 0 Å². The standard InChI is InChI=1S/C17H25NO2/c1-13(19)10-15-2-3-17-16(11-15)4-7-18(17)12-14-5-8-20-9-6-14/h2-3,11,13-14,19H,4-10,12H2,1H3. The van der Waals surface area contributed by atoms with E-state index in [9.17, 15) is 5.11 Å². The number of ether oxygens (including phenoxy) is 1. The molecule has 0 amide bonds. The van der Waals surface area contributed by atoms with Gasteiger partial charge in [0, 0.05) is 32.0 Å². The molecule has 2 aliphatic heterocycles. The first-order chi connectivity index (χ1) is 9.72. The SMILES string of the molecule is CC(O)Cc1ccc2c(c1)CCN2CC1CCOCC1. The fourth-order valence-electron chi connectivity index (χ4n) is 3.42. The summed E-state index contributed by atoms with van der Waals surface area (Å²) < 4.78 is 5.44. The Labute approximate surface area is 121 Å². The lowest BCUT2D eigenvalue weighted by Gasteiger charge is -2.28. The normalized spacial score (nSPS) is 21.0. The summed E-state index contributed by atoms with van der Waals surface area (Å²) in [6, 6.07) is 6.71. The van der Waals surface area contributed by atoms with Gasteiger partial charge in [0.25, 0.3) is 0 Å². The number of aliphatic hydroxyl groups excluding tert-OH is 1. The van der Waals surface area contributed by atoms with Crippen LogP contribution in [0, 0.1) is 5.92 Å². The molecule has 1 saturated heterocycles. The predicted molar refractivity (Wildman–Crippen MR) is 81.3 cm³/mol. The fraction of sp³-hybridized carbons (Fsp3) is 0.647. The summed E-state index contributed by atoms with van der Waals surface area (Å²) in [7, 11) is 0. The van der Waals surface area contributed by atoms with Gasteiger partial charge >= 0.3 is 0 Å². The number of rotatable bonds is 4. The van der Waals surface area contributed by atoms with Crippen molar-refractivity contribution in [1.82, 2.24) is 0 Å². The van der Waals surface area contributed by atoms with Crippen LogP contribution in [0.4, 0.5) is 5.69 Å². The average molecular weight is 275 g/mol. The van der Waals surface area contributed by atoms with E-state index in [-0.39, 0.29) is 6.10 Å². The van der Waals surface area contributed by atoms with E-state index in [1.54, 1.807) is 0 Å². The number of benzene rings is 1.